The lowest BCUT2D eigenvalue weighted by atomic mass is 9.96. The monoisotopic (exact) mass is 303 g/mol. The van der Waals surface area contributed by atoms with E-state index in [0.717, 1.165) is 25.0 Å². The van der Waals surface area contributed by atoms with Crippen LogP contribution in [0.5, 0.6) is 0 Å². The smallest absolute Gasteiger partial charge is 0.227 e. The molecule has 1 amide bonds. The first kappa shape index (κ1) is 17.0. The van der Waals surface area contributed by atoms with Crippen molar-refractivity contribution in [1.29, 1.82) is 0 Å². The Kier molecular flexibility index (Phi) is 7.44. The second-order valence-corrected chi connectivity index (χ2v) is 6.15. The van der Waals surface area contributed by atoms with Gasteiger partial charge in [-0.1, -0.05) is 56.5 Å². The zero-order valence-electron chi connectivity index (χ0n) is 13.7. The van der Waals surface area contributed by atoms with E-state index in [4.69, 9.17) is 4.74 Å². The van der Waals surface area contributed by atoms with Crippen LogP contribution >= 0.6 is 0 Å². The maximum atomic E-state index is 12.3. The van der Waals surface area contributed by atoms with E-state index in [1.807, 2.05) is 30.3 Å². The Morgan fingerprint density at radius 2 is 1.95 bits per heavy atom. The highest BCUT2D eigenvalue weighted by atomic mass is 16.5. The van der Waals surface area contributed by atoms with Gasteiger partial charge < -0.3 is 10.1 Å². The maximum absolute atomic E-state index is 12.3. The number of hydrogen-bond donors (Lipinski definition) is 1. The molecule has 0 spiro atoms. The van der Waals surface area contributed by atoms with Gasteiger partial charge in [-0.2, -0.15) is 0 Å². The summed E-state index contributed by atoms with van der Waals surface area (Å²) in [7, 11) is 0. The fraction of sp³-hybridized carbons (Fsp3) is 0.632. The molecule has 3 nitrogen and oxygen atoms in total. The standard InChI is InChI=1S/C19H29NO2/c1-2-18(16-10-5-3-6-11-16)19(21)20-14-9-15-22-17-12-7-4-8-13-17/h3,5-6,10-11,17-18H,2,4,7-9,12-15H2,1H3,(H,20,21)/t18-/m0/s1. The summed E-state index contributed by atoms with van der Waals surface area (Å²) >= 11 is 0. The van der Waals surface area contributed by atoms with E-state index >= 15 is 0 Å². The molecule has 0 radical (unpaired) electrons. The van der Waals surface area contributed by atoms with Crippen LogP contribution in [-0.2, 0) is 9.53 Å². The molecule has 1 aromatic rings. The molecular formula is C19H29NO2. The molecule has 0 aromatic heterocycles. The van der Waals surface area contributed by atoms with E-state index < -0.39 is 0 Å². The fourth-order valence-electron chi connectivity index (χ4n) is 3.15. The number of benzene rings is 1. The summed E-state index contributed by atoms with van der Waals surface area (Å²) in [6, 6.07) is 10.0. The van der Waals surface area contributed by atoms with E-state index in [9.17, 15) is 4.79 Å². The van der Waals surface area contributed by atoms with Crippen LogP contribution in [-0.4, -0.2) is 25.2 Å². The van der Waals surface area contributed by atoms with E-state index in [2.05, 4.69) is 12.2 Å². The van der Waals surface area contributed by atoms with Gasteiger partial charge >= 0.3 is 0 Å². The van der Waals surface area contributed by atoms with Crippen LogP contribution < -0.4 is 5.32 Å². The molecule has 1 aliphatic rings. The van der Waals surface area contributed by atoms with Crippen LogP contribution in [0.4, 0.5) is 0 Å². The summed E-state index contributed by atoms with van der Waals surface area (Å²) in [5.41, 5.74) is 1.10. The first-order valence-electron chi connectivity index (χ1n) is 8.75. The van der Waals surface area contributed by atoms with Crippen molar-refractivity contribution in [3.63, 3.8) is 0 Å². The molecule has 1 aromatic carbocycles. The molecule has 1 N–H and O–H groups in total. The Bertz CT molecular complexity index is 426. The number of hydrogen-bond acceptors (Lipinski definition) is 2. The number of nitrogens with one attached hydrogen (secondary N) is 1. The second kappa shape index (κ2) is 9.62. The highest BCUT2D eigenvalue weighted by molar-refractivity contribution is 5.83. The lowest BCUT2D eigenvalue weighted by Gasteiger charge is -2.22. The zero-order chi connectivity index (χ0) is 15.6. The summed E-state index contributed by atoms with van der Waals surface area (Å²) in [4.78, 5) is 12.3. The summed E-state index contributed by atoms with van der Waals surface area (Å²) < 4.78 is 5.88. The number of rotatable bonds is 8. The molecule has 3 heteroatoms. The highest BCUT2D eigenvalue weighted by Gasteiger charge is 2.18. The molecule has 1 aliphatic carbocycles. The topological polar surface area (TPSA) is 38.3 Å². The predicted octanol–water partition coefficient (Wildman–Crippen LogP) is 4.04. The van der Waals surface area contributed by atoms with Crippen molar-refractivity contribution in [2.24, 2.45) is 0 Å². The van der Waals surface area contributed by atoms with Crippen molar-refractivity contribution in [3.05, 3.63) is 35.9 Å². The van der Waals surface area contributed by atoms with Crippen molar-refractivity contribution in [1.82, 2.24) is 5.32 Å². The molecule has 2 rings (SSSR count). The molecule has 0 aliphatic heterocycles. The zero-order valence-corrected chi connectivity index (χ0v) is 13.7. The molecule has 0 bridgehead atoms. The van der Waals surface area contributed by atoms with Crippen LogP contribution in [0.15, 0.2) is 30.3 Å². The molecule has 0 unspecified atom stereocenters. The van der Waals surface area contributed by atoms with Gasteiger partial charge in [-0.15, -0.1) is 0 Å². The van der Waals surface area contributed by atoms with E-state index in [0.29, 0.717) is 12.6 Å². The Morgan fingerprint density at radius 1 is 1.23 bits per heavy atom. The van der Waals surface area contributed by atoms with Crippen LogP contribution in [0.3, 0.4) is 0 Å². The normalized spacial score (nSPS) is 17.1. The maximum Gasteiger partial charge on any atom is 0.227 e. The number of carbonyl (C=O) groups is 1. The lowest BCUT2D eigenvalue weighted by molar-refractivity contribution is -0.122. The first-order valence-corrected chi connectivity index (χ1v) is 8.75. The summed E-state index contributed by atoms with van der Waals surface area (Å²) in [5.74, 6) is 0.0897. The SMILES string of the molecule is CC[C@H](C(=O)NCCCOC1CCCCC1)c1ccccc1. The largest absolute Gasteiger partial charge is 0.378 e. The van der Waals surface area contributed by atoms with Crippen molar-refractivity contribution in [2.45, 2.75) is 63.9 Å². The second-order valence-electron chi connectivity index (χ2n) is 6.15. The quantitative estimate of drug-likeness (QED) is 0.736. The van der Waals surface area contributed by atoms with Gasteiger partial charge in [-0.25, -0.2) is 0 Å². The van der Waals surface area contributed by atoms with Gasteiger partial charge in [-0.3, -0.25) is 4.79 Å². The van der Waals surface area contributed by atoms with E-state index in [1.165, 1.54) is 32.1 Å². The number of ether oxygens (including phenoxy) is 1. The minimum absolute atomic E-state index is 0.0412. The minimum Gasteiger partial charge on any atom is -0.378 e. The number of carbonyl (C=O) groups excluding carboxylic acids is 1. The average molecular weight is 303 g/mol. The van der Waals surface area contributed by atoms with Gasteiger partial charge in [-0.05, 0) is 31.2 Å². The molecule has 0 heterocycles. The van der Waals surface area contributed by atoms with E-state index in [-0.39, 0.29) is 11.8 Å². The van der Waals surface area contributed by atoms with Gasteiger partial charge in [0.2, 0.25) is 5.91 Å². The molecule has 0 saturated heterocycles. The summed E-state index contributed by atoms with van der Waals surface area (Å²) in [5, 5.41) is 3.05. The Labute approximate surface area is 134 Å². The van der Waals surface area contributed by atoms with Crippen molar-refractivity contribution in [3.8, 4) is 0 Å². The Hall–Kier alpha value is -1.35. The molecule has 22 heavy (non-hydrogen) atoms. The number of amides is 1. The van der Waals surface area contributed by atoms with E-state index in [1.54, 1.807) is 0 Å². The van der Waals surface area contributed by atoms with Gasteiger partial charge in [0.05, 0.1) is 12.0 Å². The first-order chi connectivity index (χ1) is 10.8. The summed E-state index contributed by atoms with van der Waals surface area (Å²) in [6.45, 7) is 3.52. The van der Waals surface area contributed by atoms with Gasteiger partial charge in [0.1, 0.15) is 0 Å². The van der Waals surface area contributed by atoms with Crippen LogP contribution in [0.1, 0.15) is 63.4 Å². The molecule has 1 fully saturated rings. The fourth-order valence-corrected chi connectivity index (χ4v) is 3.15. The van der Waals surface area contributed by atoms with Crippen LogP contribution in [0.2, 0.25) is 0 Å². The Balaban J connectivity index is 1.64. The van der Waals surface area contributed by atoms with Gasteiger partial charge in [0, 0.05) is 13.2 Å². The van der Waals surface area contributed by atoms with Crippen LogP contribution in [0, 0.1) is 0 Å². The lowest BCUT2D eigenvalue weighted by Crippen LogP contribution is -2.30. The molecule has 122 valence electrons. The summed E-state index contributed by atoms with van der Waals surface area (Å²) in [6.07, 6.45) is 8.55. The van der Waals surface area contributed by atoms with Gasteiger partial charge in [0.25, 0.3) is 0 Å². The van der Waals surface area contributed by atoms with Gasteiger partial charge in [0.15, 0.2) is 0 Å². The van der Waals surface area contributed by atoms with Crippen molar-refractivity contribution >= 4 is 5.91 Å². The van der Waals surface area contributed by atoms with Crippen molar-refractivity contribution in [2.75, 3.05) is 13.2 Å². The predicted molar refractivity (Wildman–Crippen MR) is 89.9 cm³/mol. The minimum atomic E-state index is -0.0412. The molecule has 1 saturated carbocycles. The van der Waals surface area contributed by atoms with Crippen LogP contribution in [0.25, 0.3) is 0 Å². The highest BCUT2D eigenvalue weighted by Crippen LogP contribution is 2.20. The molecule has 1 atom stereocenters. The van der Waals surface area contributed by atoms with Crippen molar-refractivity contribution < 1.29 is 9.53 Å². The third-order valence-corrected chi connectivity index (χ3v) is 4.45. The third-order valence-electron chi connectivity index (χ3n) is 4.45. The Morgan fingerprint density at radius 3 is 2.64 bits per heavy atom. The average Bonchev–Trinajstić information content (AvgIpc) is 2.57. The third kappa shape index (κ3) is 5.45. The molecular weight excluding hydrogens is 274 g/mol.